The van der Waals surface area contributed by atoms with Crippen LogP contribution in [0.15, 0.2) is 66.7 Å². The summed E-state index contributed by atoms with van der Waals surface area (Å²) in [5, 5.41) is 4.58. The Labute approximate surface area is 168 Å². The summed E-state index contributed by atoms with van der Waals surface area (Å²) in [6, 6.07) is 20.1. The van der Waals surface area contributed by atoms with E-state index in [0.29, 0.717) is 11.3 Å². The predicted molar refractivity (Wildman–Crippen MR) is 109 cm³/mol. The molecule has 0 unspecified atom stereocenters. The lowest BCUT2D eigenvalue weighted by atomic mass is 10.0. The first-order valence-electron chi connectivity index (χ1n) is 9.13. The van der Waals surface area contributed by atoms with Gasteiger partial charge in [-0.1, -0.05) is 42.5 Å². The van der Waals surface area contributed by atoms with Crippen molar-refractivity contribution in [2.75, 3.05) is 20.3 Å². The second-order valence-corrected chi connectivity index (χ2v) is 6.40. The van der Waals surface area contributed by atoms with E-state index in [1.165, 1.54) is 7.11 Å². The highest BCUT2D eigenvalue weighted by Gasteiger charge is 2.12. The number of ketones is 1. The number of ether oxygens (including phenoxy) is 2. The van der Waals surface area contributed by atoms with E-state index >= 15 is 0 Å². The van der Waals surface area contributed by atoms with Crippen molar-refractivity contribution >= 4 is 28.4 Å². The number of fused-ring (bicyclic) bond motifs is 1. The smallest absolute Gasteiger partial charge is 0.325 e. The zero-order valence-corrected chi connectivity index (χ0v) is 16.0. The molecule has 0 heterocycles. The molecule has 1 N–H and O–H groups in total. The number of rotatable bonds is 8. The zero-order chi connectivity index (χ0) is 20.6. The lowest BCUT2D eigenvalue weighted by molar-refractivity contribution is -0.142. The number of hydrogen-bond acceptors (Lipinski definition) is 5. The molecule has 3 aromatic carbocycles. The Morgan fingerprint density at radius 1 is 0.897 bits per heavy atom. The molecule has 6 heteroatoms. The predicted octanol–water partition coefficient (Wildman–Crippen LogP) is 2.93. The van der Waals surface area contributed by atoms with Gasteiger partial charge in [0.25, 0.3) is 0 Å². The number of hydrogen-bond donors (Lipinski definition) is 1. The van der Waals surface area contributed by atoms with Crippen molar-refractivity contribution in [3.05, 3.63) is 77.9 Å². The van der Waals surface area contributed by atoms with E-state index in [-0.39, 0.29) is 31.3 Å². The van der Waals surface area contributed by atoms with Crippen LogP contribution in [0.5, 0.6) is 5.75 Å². The van der Waals surface area contributed by atoms with Gasteiger partial charge in [-0.2, -0.15) is 0 Å². The summed E-state index contributed by atoms with van der Waals surface area (Å²) in [4.78, 5) is 36.1. The summed E-state index contributed by atoms with van der Waals surface area (Å²) in [5.41, 5.74) is 1.29. The highest BCUT2D eigenvalue weighted by Crippen LogP contribution is 2.18. The Kier molecular flexibility index (Phi) is 6.58. The van der Waals surface area contributed by atoms with Gasteiger partial charge in [-0.3, -0.25) is 14.4 Å². The van der Waals surface area contributed by atoms with E-state index in [1.807, 2.05) is 42.5 Å². The number of Topliss-reactive ketones (excluding diaryl/α,β-unsaturated/α-hetero) is 1. The van der Waals surface area contributed by atoms with Gasteiger partial charge in [-0.15, -0.1) is 0 Å². The van der Waals surface area contributed by atoms with Gasteiger partial charge in [0.2, 0.25) is 5.91 Å². The minimum atomic E-state index is -0.668. The number of methoxy groups -OCH3 is 1. The molecule has 0 bridgehead atoms. The molecule has 0 fully saturated rings. The van der Waals surface area contributed by atoms with Crippen LogP contribution in [0.2, 0.25) is 0 Å². The van der Waals surface area contributed by atoms with Gasteiger partial charge in [0.15, 0.2) is 12.4 Å². The van der Waals surface area contributed by atoms with Gasteiger partial charge < -0.3 is 14.8 Å². The monoisotopic (exact) mass is 391 g/mol. The fraction of sp³-hybridized carbons (Fsp3) is 0.174. The third-order valence-electron chi connectivity index (χ3n) is 4.44. The molecule has 1 amide bonds. The first-order chi connectivity index (χ1) is 14.1. The summed E-state index contributed by atoms with van der Waals surface area (Å²) in [7, 11) is 1.53. The largest absolute Gasteiger partial charge is 0.497 e. The van der Waals surface area contributed by atoms with Gasteiger partial charge in [0, 0.05) is 5.56 Å². The summed E-state index contributed by atoms with van der Waals surface area (Å²) in [6.07, 6.45) is 0.152. The highest BCUT2D eigenvalue weighted by atomic mass is 16.5. The van der Waals surface area contributed by atoms with Crippen molar-refractivity contribution in [3.8, 4) is 5.75 Å². The SMILES string of the molecule is COc1ccc(C(=O)COC(=O)CNC(=O)Cc2cccc3ccccc23)cc1. The molecule has 0 spiro atoms. The quantitative estimate of drug-likeness (QED) is 0.472. The number of nitrogens with one attached hydrogen (secondary N) is 1. The summed E-state index contributed by atoms with van der Waals surface area (Å²) >= 11 is 0. The van der Waals surface area contributed by atoms with E-state index in [0.717, 1.165) is 16.3 Å². The van der Waals surface area contributed by atoms with Crippen molar-refractivity contribution in [1.29, 1.82) is 0 Å². The molecular formula is C23H21NO5. The molecule has 0 saturated carbocycles. The van der Waals surface area contributed by atoms with Gasteiger partial charge in [-0.25, -0.2) is 0 Å². The maximum absolute atomic E-state index is 12.2. The van der Waals surface area contributed by atoms with Crippen LogP contribution >= 0.6 is 0 Å². The number of carbonyl (C=O) groups excluding carboxylic acids is 3. The molecular weight excluding hydrogens is 370 g/mol. The van der Waals surface area contributed by atoms with Crippen molar-refractivity contribution in [1.82, 2.24) is 5.32 Å². The van der Waals surface area contributed by atoms with Gasteiger partial charge in [0.05, 0.1) is 13.5 Å². The van der Waals surface area contributed by atoms with Crippen molar-refractivity contribution in [2.24, 2.45) is 0 Å². The van der Waals surface area contributed by atoms with Crippen LogP contribution in [0, 0.1) is 0 Å². The van der Waals surface area contributed by atoms with E-state index in [9.17, 15) is 14.4 Å². The Morgan fingerprint density at radius 3 is 2.38 bits per heavy atom. The molecule has 3 aromatic rings. The zero-order valence-electron chi connectivity index (χ0n) is 16.0. The van der Waals surface area contributed by atoms with Crippen LogP contribution in [0.25, 0.3) is 10.8 Å². The first kappa shape index (κ1) is 20.1. The van der Waals surface area contributed by atoms with E-state index in [2.05, 4.69) is 5.32 Å². The van der Waals surface area contributed by atoms with E-state index in [4.69, 9.17) is 9.47 Å². The maximum Gasteiger partial charge on any atom is 0.325 e. The van der Waals surface area contributed by atoms with Gasteiger partial charge in [-0.05, 0) is 40.6 Å². The van der Waals surface area contributed by atoms with Gasteiger partial charge >= 0.3 is 5.97 Å². The number of carbonyl (C=O) groups is 3. The van der Waals surface area contributed by atoms with Crippen LogP contribution in [0.1, 0.15) is 15.9 Å². The minimum Gasteiger partial charge on any atom is -0.497 e. The average molecular weight is 391 g/mol. The number of benzene rings is 3. The second kappa shape index (κ2) is 9.50. The molecule has 0 saturated heterocycles. The van der Waals surface area contributed by atoms with Gasteiger partial charge in [0.1, 0.15) is 12.3 Å². The Morgan fingerprint density at radius 2 is 1.62 bits per heavy atom. The molecule has 148 valence electrons. The van der Waals surface area contributed by atoms with Crippen molar-refractivity contribution < 1.29 is 23.9 Å². The summed E-state index contributed by atoms with van der Waals surface area (Å²) in [5.74, 6) is -0.659. The van der Waals surface area contributed by atoms with Crippen LogP contribution < -0.4 is 10.1 Å². The third-order valence-corrected chi connectivity index (χ3v) is 4.44. The van der Waals surface area contributed by atoms with Crippen molar-refractivity contribution in [2.45, 2.75) is 6.42 Å². The topological polar surface area (TPSA) is 81.7 Å². The van der Waals surface area contributed by atoms with Crippen LogP contribution in [-0.4, -0.2) is 37.9 Å². The molecule has 29 heavy (non-hydrogen) atoms. The fourth-order valence-corrected chi connectivity index (χ4v) is 2.91. The normalized spacial score (nSPS) is 10.4. The fourth-order valence-electron chi connectivity index (χ4n) is 2.91. The number of amides is 1. The lowest BCUT2D eigenvalue weighted by Crippen LogP contribution is -2.32. The van der Waals surface area contributed by atoms with Crippen molar-refractivity contribution in [3.63, 3.8) is 0 Å². The first-order valence-corrected chi connectivity index (χ1v) is 9.13. The lowest BCUT2D eigenvalue weighted by Gasteiger charge is -2.08. The average Bonchev–Trinajstić information content (AvgIpc) is 2.76. The van der Waals surface area contributed by atoms with Crippen LogP contribution in [-0.2, 0) is 20.7 Å². The summed E-state index contributed by atoms with van der Waals surface area (Å²) < 4.78 is 9.98. The molecule has 0 aliphatic carbocycles. The number of esters is 1. The molecule has 0 aromatic heterocycles. The molecule has 6 nitrogen and oxygen atoms in total. The molecule has 3 rings (SSSR count). The Hall–Kier alpha value is -3.67. The molecule has 0 aliphatic heterocycles. The van der Waals surface area contributed by atoms with Crippen LogP contribution in [0.4, 0.5) is 0 Å². The minimum absolute atomic E-state index is 0.152. The third kappa shape index (κ3) is 5.42. The summed E-state index contributed by atoms with van der Waals surface area (Å²) in [6.45, 7) is -0.677. The second-order valence-electron chi connectivity index (χ2n) is 6.40. The molecule has 0 aliphatic rings. The maximum atomic E-state index is 12.2. The van der Waals surface area contributed by atoms with E-state index in [1.54, 1.807) is 24.3 Å². The standard InChI is InChI=1S/C23H21NO5/c1-28-19-11-9-17(10-12-19)21(25)15-29-23(27)14-24-22(26)13-18-7-4-6-16-5-2-3-8-20(16)18/h2-12H,13-15H2,1H3,(H,24,26). The Bertz CT molecular complexity index is 1020. The molecule has 0 radical (unpaired) electrons. The molecule has 0 atom stereocenters. The van der Waals surface area contributed by atoms with E-state index < -0.39 is 5.97 Å². The van der Waals surface area contributed by atoms with Crippen LogP contribution in [0.3, 0.4) is 0 Å². The highest BCUT2D eigenvalue weighted by molar-refractivity contribution is 5.98. The Balaban J connectivity index is 1.46.